The van der Waals surface area contributed by atoms with Crippen LogP contribution in [0.4, 0.5) is 0 Å². The molecular weight excluding hydrogens is 322 g/mol. The average molecular weight is 339 g/mol. The van der Waals surface area contributed by atoms with Crippen LogP contribution in [0.2, 0.25) is 0 Å². The lowest BCUT2D eigenvalue weighted by Crippen LogP contribution is -2.28. The third kappa shape index (κ3) is 2.77. The van der Waals surface area contributed by atoms with Gasteiger partial charge in [-0.3, -0.25) is 0 Å². The van der Waals surface area contributed by atoms with Crippen LogP contribution in [0.25, 0.3) is 0 Å². The van der Waals surface area contributed by atoms with Gasteiger partial charge in [0.2, 0.25) is 10.0 Å². The Balaban J connectivity index is 1.86. The summed E-state index contributed by atoms with van der Waals surface area (Å²) in [5.41, 5.74) is 0.707. The van der Waals surface area contributed by atoms with Crippen LogP contribution < -0.4 is 0 Å². The van der Waals surface area contributed by atoms with E-state index in [0.29, 0.717) is 26.1 Å². The summed E-state index contributed by atoms with van der Waals surface area (Å²) in [5.74, 6) is -1.15. The summed E-state index contributed by atoms with van der Waals surface area (Å²) in [5, 5.41) is 13.0. The minimum Gasteiger partial charge on any atom is -0.477 e. The first-order valence-corrected chi connectivity index (χ1v) is 8.71. The predicted molar refractivity (Wildman–Crippen MR) is 79.7 cm³/mol. The summed E-state index contributed by atoms with van der Waals surface area (Å²) < 4.78 is 33.1. The Kier molecular flexibility index (Phi) is 3.99. The molecule has 0 radical (unpaired) electrons. The standard InChI is InChI=1S/C14H17N3O5S/c1-2-16-9-11(7-13(16)14(18)19)23(20,21)17-5-3-10(8-17)12-4-6-22-15-12/h4,6-7,9-10H,2-3,5,8H2,1H3,(H,18,19). The molecule has 1 fully saturated rings. The highest BCUT2D eigenvalue weighted by Gasteiger charge is 2.35. The number of carboxylic acids is 1. The van der Waals surface area contributed by atoms with E-state index in [-0.39, 0.29) is 16.5 Å². The fourth-order valence-electron chi connectivity index (χ4n) is 2.83. The predicted octanol–water partition coefficient (Wildman–Crippen LogP) is 1.37. The van der Waals surface area contributed by atoms with Crippen LogP contribution in [0.1, 0.15) is 35.4 Å². The van der Waals surface area contributed by atoms with E-state index in [1.807, 2.05) is 0 Å². The number of aromatic carboxylic acids is 1. The van der Waals surface area contributed by atoms with Gasteiger partial charge in [0.25, 0.3) is 0 Å². The summed E-state index contributed by atoms with van der Waals surface area (Å²) in [6.45, 7) is 2.84. The van der Waals surface area contributed by atoms with Crippen LogP contribution >= 0.6 is 0 Å². The van der Waals surface area contributed by atoms with Gasteiger partial charge in [-0.15, -0.1) is 0 Å². The van der Waals surface area contributed by atoms with E-state index in [0.717, 1.165) is 5.69 Å². The summed E-state index contributed by atoms with van der Waals surface area (Å²) >= 11 is 0. The molecule has 124 valence electrons. The van der Waals surface area contributed by atoms with Crippen molar-refractivity contribution in [2.24, 2.45) is 0 Å². The number of sulfonamides is 1. The molecule has 1 atom stereocenters. The first kappa shape index (κ1) is 15.8. The number of carbonyl (C=O) groups is 1. The average Bonchev–Trinajstić information content (AvgIpc) is 3.24. The highest BCUT2D eigenvalue weighted by Crippen LogP contribution is 2.30. The fraction of sp³-hybridized carbons (Fsp3) is 0.429. The van der Waals surface area contributed by atoms with Gasteiger partial charge in [0.1, 0.15) is 16.9 Å². The van der Waals surface area contributed by atoms with Crippen molar-refractivity contribution in [1.29, 1.82) is 0 Å². The summed E-state index contributed by atoms with van der Waals surface area (Å²) in [6, 6.07) is 2.95. The van der Waals surface area contributed by atoms with E-state index >= 15 is 0 Å². The van der Waals surface area contributed by atoms with E-state index in [2.05, 4.69) is 5.16 Å². The van der Waals surface area contributed by atoms with Gasteiger partial charge in [-0.25, -0.2) is 13.2 Å². The third-order valence-corrected chi connectivity index (χ3v) is 5.93. The van der Waals surface area contributed by atoms with Crippen molar-refractivity contribution >= 4 is 16.0 Å². The molecular formula is C14H17N3O5S. The topological polar surface area (TPSA) is 106 Å². The van der Waals surface area contributed by atoms with E-state index in [1.54, 1.807) is 13.0 Å². The lowest BCUT2D eigenvalue weighted by Gasteiger charge is -2.14. The molecule has 23 heavy (non-hydrogen) atoms. The molecule has 1 aliphatic heterocycles. The SMILES string of the molecule is CCn1cc(S(=O)(=O)N2CCC(c3ccon3)C2)cc1C(=O)O. The Morgan fingerprint density at radius 2 is 2.30 bits per heavy atom. The zero-order valence-corrected chi connectivity index (χ0v) is 13.4. The molecule has 0 aromatic carbocycles. The molecule has 8 nitrogen and oxygen atoms in total. The maximum atomic E-state index is 12.7. The number of aromatic nitrogens is 2. The Hall–Kier alpha value is -2.13. The zero-order valence-electron chi connectivity index (χ0n) is 12.5. The molecule has 0 aliphatic carbocycles. The Labute approximate surface area is 133 Å². The zero-order chi connectivity index (χ0) is 16.6. The maximum Gasteiger partial charge on any atom is 0.352 e. The first-order chi connectivity index (χ1) is 10.9. The monoisotopic (exact) mass is 339 g/mol. The lowest BCUT2D eigenvalue weighted by molar-refractivity contribution is 0.0685. The number of carboxylic acid groups (broad SMARTS) is 1. The van der Waals surface area contributed by atoms with Crippen molar-refractivity contribution in [3.63, 3.8) is 0 Å². The summed E-state index contributed by atoms with van der Waals surface area (Å²) in [7, 11) is -3.72. The summed E-state index contributed by atoms with van der Waals surface area (Å²) in [6.07, 6.45) is 3.50. The highest BCUT2D eigenvalue weighted by atomic mass is 32.2. The fourth-order valence-corrected chi connectivity index (χ4v) is 4.38. The van der Waals surface area contributed by atoms with Crippen molar-refractivity contribution in [1.82, 2.24) is 14.0 Å². The van der Waals surface area contributed by atoms with Gasteiger partial charge in [-0.1, -0.05) is 5.16 Å². The van der Waals surface area contributed by atoms with E-state index < -0.39 is 16.0 Å². The maximum absolute atomic E-state index is 12.7. The molecule has 0 amide bonds. The second kappa shape index (κ2) is 5.82. The van der Waals surface area contributed by atoms with Crippen LogP contribution in [-0.4, -0.2) is 46.6 Å². The van der Waals surface area contributed by atoms with Crippen LogP contribution in [0.15, 0.2) is 34.0 Å². The van der Waals surface area contributed by atoms with Gasteiger partial charge in [-0.05, 0) is 19.4 Å². The normalized spacial score (nSPS) is 19.3. The minimum atomic E-state index is -3.72. The van der Waals surface area contributed by atoms with Crippen LogP contribution in [0.3, 0.4) is 0 Å². The number of hydrogen-bond acceptors (Lipinski definition) is 5. The molecule has 1 aliphatic rings. The van der Waals surface area contributed by atoms with Crippen molar-refractivity contribution in [2.45, 2.75) is 30.7 Å². The largest absolute Gasteiger partial charge is 0.477 e. The van der Waals surface area contributed by atoms with Gasteiger partial charge in [0, 0.05) is 37.8 Å². The van der Waals surface area contributed by atoms with Crippen LogP contribution in [-0.2, 0) is 16.6 Å². The summed E-state index contributed by atoms with van der Waals surface area (Å²) in [4.78, 5) is 11.2. The molecule has 1 N–H and O–H groups in total. The van der Waals surface area contributed by atoms with Crippen molar-refractivity contribution in [3.05, 3.63) is 36.0 Å². The van der Waals surface area contributed by atoms with Gasteiger partial charge in [0.05, 0.1) is 5.69 Å². The van der Waals surface area contributed by atoms with Crippen LogP contribution in [0.5, 0.6) is 0 Å². The number of nitrogens with zero attached hydrogens (tertiary/aromatic N) is 3. The second-order valence-corrected chi connectivity index (χ2v) is 7.36. The van der Waals surface area contributed by atoms with Gasteiger partial charge >= 0.3 is 5.97 Å². The van der Waals surface area contributed by atoms with Gasteiger partial charge < -0.3 is 14.2 Å². The number of aryl methyl sites for hydroxylation is 1. The molecule has 0 bridgehead atoms. The second-order valence-electron chi connectivity index (χ2n) is 5.43. The van der Waals surface area contributed by atoms with Gasteiger partial charge in [0.15, 0.2) is 0 Å². The number of rotatable bonds is 5. The molecule has 0 spiro atoms. The Bertz CT molecular complexity index is 810. The van der Waals surface area contributed by atoms with Gasteiger partial charge in [-0.2, -0.15) is 4.31 Å². The van der Waals surface area contributed by atoms with E-state index in [9.17, 15) is 13.2 Å². The molecule has 0 saturated carbocycles. The highest BCUT2D eigenvalue weighted by molar-refractivity contribution is 7.89. The third-order valence-electron chi connectivity index (χ3n) is 4.10. The Morgan fingerprint density at radius 1 is 1.52 bits per heavy atom. The molecule has 1 unspecified atom stereocenters. The molecule has 3 heterocycles. The van der Waals surface area contributed by atoms with E-state index in [4.69, 9.17) is 9.63 Å². The number of hydrogen-bond donors (Lipinski definition) is 1. The minimum absolute atomic E-state index is 0.00395. The quantitative estimate of drug-likeness (QED) is 0.882. The molecule has 3 rings (SSSR count). The van der Waals surface area contributed by atoms with Crippen molar-refractivity contribution in [2.75, 3.05) is 13.1 Å². The molecule has 1 saturated heterocycles. The molecule has 2 aromatic rings. The van der Waals surface area contributed by atoms with E-state index in [1.165, 1.54) is 27.4 Å². The van der Waals surface area contributed by atoms with Crippen molar-refractivity contribution < 1.29 is 22.8 Å². The lowest BCUT2D eigenvalue weighted by atomic mass is 10.1. The smallest absolute Gasteiger partial charge is 0.352 e. The Morgan fingerprint density at radius 3 is 2.87 bits per heavy atom. The van der Waals surface area contributed by atoms with Crippen LogP contribution in [0, 0.1) is 0 Å². The van der Waals surface area contributed by atoms with Crippen molar-refractivity contribution in [3.8, 4) is 0 Å². The molecule has 9 heteroatoms. The first-order valence-electron chi connectivity index (χ1n) is 7.27. The molecule has 2 aromatic heterocycles.